The lowest BCUT2D eigenvalue weighted by Crippen LogP contribution is -2.27. The summed E-state index contributed by atoms with van der Waals surface area (Å²) in [6.45, 7) is 28.5. The van der Waals surface area contributed by atoms with Crippen LogP contribution in [-0.4, -0.2) is 335 Å². The third-order valence-electron chi connectivity index (χ3n) is 9.46. The first kappa shape index (κ1) is 79.5. The first-order valence-corrected chi connectivity index (χ1v) is 28.7. The number of nitrogens with two attached hydrogens (primary N) is 1. The summed E-state index contributed by atoms with van der Waals surface area (Å²) < 4.78 is 136. The summed E-state index contributed by atoms with van der Waals surface area (Å²) in [7, 11) is 0. The fourth-order valence-corrected chi connectivity index (χ4v) is 5.67. The van der Waals surface area contributed by atoms with Crippen LogP contribution in [0.1, 0.15) is 20.8 Å². The molecule has 0 heterocycles. The van der Waals surface area contributed by atoms with Crippen molar-refractivity contribution in [3.8, 4) is 0 Å². The van der Waals surface area contributed by atoms with Crippen molar-refractivity contribution in [3.05, 3.63) is 0 Å². The van der Waals surface area contributed by atoms with Gasteiger partial charge < -0.3 is 124 Å². The number of esters is 1. The fraction of sp³-hybridized carbons (Fsp3) is 0.981. The van der Waals surface area contributed by atoms with Crippen LogP contribution in [-0.2, 0) is 123 Å². The van der Waals surface area contributed by atoms with E-state index in [4.69, 9.17) is 124 Å². The van der Waals surface area contributed by atoms with Gasteiger partial charge in [-0.1, -0.05) is 0 Å². The Morgan fingerprint density at radius 1 is 0.210 bits per heavy atom. The quantitative estimate of drug-likeness (QED) is 0.0648. The summed E-state index contributed by atoms with van der Waals surface area (Å²) in [4.78, 5) is 11.5. The Kier molecular flexibility index (Phi) is 69.6. The van der Waals surface area contributed by atoms with Gasteiger partial charge in [0.2, 0.25) is 0 Å². The molecule has 0 unspecified atom stereocenters. The Morgan fingerprint density at radius 2 is 0.321 bits per heavy atom. The highest BCUT2D eigenvalue weighted by Crippen LogP contribution is 2.06. The molecule has 27 nitrogen and oxygen atoms in total. The maximum absolute atomic E-state index is 11.5. The van der Waals surface area contributed by atoms with Crippen LogP contribution in [0.25, 0.3) is 0 Å². The van der Waals surface area contributed by atoms with E-state index < -0.39 is 11.6 Å². The van der Waals surface area contributed by atoms with Crippen LogP contribution in [0.15, 0.2) is 0 Å². The summed E-state index contributed by atoms with van der Waals surface area (Å²) >= 11 is 0. The molecule has 0 spiro atoms. The second kappa shape index (κ2) is 71.0. The molecule has 0 radical (unpaired) electrons. The highest BCUT2D eigenvalue weighted by Gasteiger charge is 2.16. The number of carbonyl (C=O) groups excluding carboxylic acids is 1. The molecule has 0 aromatic carbocycles. The molecule has 0 saturated carbocycles. The molecule has 0 atom stereocenters. The van der Waals surface area contributed by atoms with Gasteiger partial charge in [-0.3, -0.25) is 0 Å². The zero-order valence-electron chi connectivity index (χ0n) is 49.8. The Balaban J connectivity index is 3.10. The van der Waals surface area contributed by atoms with Crippen molar-refractivity contribution < 1.29 is 123 Å². The molecule has 0 aromatic heterocycles. The standard InChI is InChI=1S/C54H109NO26/c1-54(2,3)81-53(56)52-80-51-50-79-49-48-78-47-46-77-45-44-76-43-42-75-41-40-74-39-38-73-37-36-72-35-34-71-33-32-70-31-30-69-29-28-68-27-26-67-25-24-66-23-22-65-21-20-64-19-18-63-17-16-62-15-14-61-13-12-60-11-10-59-9-8-58-7-6-57-5-4-55/h4-52,55H2,1-3H3. The molecule has 0 aliphatic heterocycles. The molecule has 0 aliphatic carbocycles. The van der Waals surface area contributed by atoms with Gasteiger partial charge in [0.25, 0.3) is 0 Å². The van der Waals surface area contributed by atoms with Gasteiger partial charge in [0.1, 0.15) is 12.2 Å². The van der Waals surface area contributed by atoms with E-state index in [0.717, 1.165) is 0 Å². The topological polar surface area (TPSA) is 274 Å². The zero-order chi connectivity index (χ0) is 58.4. The fourth-order valence-electron chi connectivity index (χ4n) is 5.67. The lowest BCUT2D eigenvalue weighted by atomic mass is 10.2. The van der Waals surface area contributed by atoms with Crippen LogP contribution < -0.4 is 5.73 Å². The lowest BCUT2D eigenvalue weighted by Gasteiger charge is -2.19. The largest absolute Gasteiger partial charge is 0.458 e. The molecular formula is C54H109NO26. The smallest absolute Gasteiger partial charge is 0.332 e. The van der Waals surface area contributed by atoms with E-state index in [9.17, 15) is 4.79 Å². The van der Waals surface area contributed by atoms with E-state index in [1.54, 1.807) is 0 Å². The minimum atomic E-state index is -0.521. The van der Waals surface area contributed by atoms with Crippen molar-refractivity contribution in [1.82, 2.24) is 0 Å². The van der Waals surface area contributed by atoms with Crippen LogP contribution in [0.3, 0.4) is 0 Å². The highest BCUT2D eigenvalue weighted by molar-refractivity contribution is 5.71. The van der Waals surface area contributed by atoms with E-state index in [2.05, 4.69) is 0 Å². The number of hydrogen-bond donors (Lipinski definition) is 1. The van der Waals surface area contributed by atoms with E-state index in [-0.39, 0.29) is 6.61 Å². The van der Waals surface area contributed by atoms with Crippen molar-refractivity contribution in [1.29, 1.82) is 0 Å². The minimum Gasteiger partial charge on any atom is -0.458 e. The summed E-state index contributed by atoms with van der Waals surface area (Å²) in [6, 6.07) is 0. The predicted molar refractivity (Wildman–Crippen MR) is 295 cm³/mol. The molecule has 27 heteroatoms. The summed E-state index contributed by atoms with van der Waals surface area (Å²) in [5.74, 6) is -0.393. The number of rotatable bonds is 73. The van der Waals surface area contributed by atoms with Gasteiger partial charge in [0.05, 0.1) is 311 Å². The van der Waals surface area contributed by atoms with Crippen molar-refractivity contribution in [3.63, 3.8) is 0 Å². The molecular weight excluding hydrogens is 1080 g/mol. The second-order valence-electron chi connectivity index (χ2n) is 17.5. The summed E-state index contributed by atoms with van der Waals surface area (Å²) in [5.41, 5.74) is 4.82. The van der Waals surface area contributed by atoms with Crippen LogP contribution in [0.2, 0.25) is 0 Å². The van der Waals surface area contributed by atoms with Gasteiger partial charge in [-0.2, -0.15) is 0 Å². The van der Waals surface area contributed by atoms with Crippen molar-refractivity contribution >= 4 is 5.97 Å². The van der Waals surface area contributed by atoms with E-state index in [0.29, 0.717) is 317 Å². The van der Waals surface area contributed by atoms with Crippen LogP contribution in [0.5, 0.6) is 0 Å². The lowest BCUT2D eigenvalue weighted by molar-refractivity contribution is -0.160. The average Bonchev–Trinajstić information content (AvgIpc) is 3.45. The maximum atomic E-state index is 11.5. The molecule has 2 N–H and O–H groups in total. The van der Waals surface area contributed by atoms with Crippen molar-refractivity contribution in [2.45, 2.75) is 26.4 Å². The highest BCUT2D eigenvalue weighted by atomic mass is 16.6. The van der Waals surface area contributed by atoms with Crippen LogP contribution in [0, 0.1) is 0 Å². The van der Waals surface area contributed by atoms with Gasteiger partial charge in [0.15, 0.2) is 0 Å². The summed E-state index contributed by atoms with van der Waals surface area (Å²) in [6.07, 6.45) is 0. The van der Waals surface area contributed by atoms with Crippen LogP contribution >= 0.6 is 0 Å². The predicted octanol–water partition coefficient (Wildman–Crippen LogP) is 0.685. The van der Waals surface area contributed by atoms with Crippen LogP contribution in [0.4, 0.5) is 0 Å². The van der Waals surface area contributed by atoms with E-state index in [1.807, 2.05) is 20.8 Å². The number of hydrogen-bond acceptors (Lipinski definition) is 27. The van der Waals surface area contributed by atoms with Gasteiger partial charge >= 0.3 is 5.97 Å². The number of ether oxygens (including phenoxy) is 25. The molecule has 0 bridgehead atoms. The molecule has 81 heavy (non-hydrogen) atoms. The van der Waals surface area contributed by atoms with Gasteiger partial charge in [-0.25, -0.2) is 4.79 Å². The first-order chi connectivity index (χ1) is 40.0. The minimum absolute atomic E-state index is 0.0915. The Hall–Kier alpha value is -1.53. The third-order valence-corrected chi connectivity index (χ3v) is 9.46. The third kappa shape index (κ3) is 76.5. The molecule has 0 aromatic rings. The Morgan fingerprint density at radius 3 is 0.432 bits per heavy atom. The molecule has 0 rings (SSSR count). The van der Waals surface area contributed by atoms with Gasteiger partial charge in [-0.05, 0) is 20.8 Å². The van der Waals surface area contributed by atoms with E-state index in [1.165, 1.54) is 0 Å². The van der Waals surface area contributed by atoms with Gasteiger partial charge in [0, 0.05) is 6.54 Å². The Labute approximate surface area is 483 Å². The first-order valence-electron chi connectivity index (χ1n) is 28.7. The molecule has 0 amide bonds. The number of carbonyl (C=O) groups is 1. The molecule has 0 aliphatic rings. The maximum Gasteiger partial charge on any atom is 0.332 e. The molecule has 486 valence electrons. The van der Waals surface area contributed by atoms with Crippen molar-refractivity contribution in [2.75, 3.05) is 324 Å². The summed E-state index contributed by atoms with van der Waals surface area (Å²) in [5, 5.41) is 0. The molecule has 0 fully saturated rings. The van der Waals surface area contributed by atoms with E-state index >= 15 is 0 Å². The SMILES string of the molecule is CC(C)(C)OC(=O)COCCOCCOCCOCCOCCOCCOCCOCCOCCOCCOCCOCCOCCOCCOCCOCCOCCOCCOCCOCCOCCOCCOCCOCCN. The monoisotopic (exact) mass is 1190 g/mol. The normalized spacial score (nSPS) is 11.9. The Bertz CT molecular complexity index is 1170. The molecule has 0 saturated heterocycles. The zero-order valence-corrected chi connectivity index (χ0v) is 49.8. The van der Waals surface area contributed by atoms with Crippen molar-refractivity contribution in [2.24, 2.45) is 5.73 Å². The van der Waals surface area contributed by atoms with Gasteiger partial charge in [-0.15, -0.1) is 0 Å². The second-order valence-corrected chi connectivity index (χ2v) is 17.5. The average molecular weight is 1190 g/mol.